The van der Waals surface area contributed by atoms with Crippen LogP contribution in [0.1, 0.15) is 18.9 Å². The summed E-state index contributed by atoms with van der Waals surface area (Å²) in [4.78, 5) is 5.64. The van der Waals surface area contributed by atoms with E-state index in [1.807, 2.05) is 25.1 Å². The first-order chi connectivity index (χ1) is 9.60. The van der Waals surface area contributed by atoms with E-state index in [9.17, 15) is 8.78 Å². The molecule has 2 aromatic rings. The highest BCUT2D eigenvalue weighted by atomic mass is 19.1. The van der Waals surface area contributed by atoms with Gasteiger partial charge in [-0.15, -0.1) is 0 Å². The molecule has 1 aromatic carbocycles. The Labute approximate surface area is 117 Å². The average molecular weight is 277 g/mol. The number of benzene rings is 1. The second kappa shape index (κ2) is 6.32. The number of rotatable bonds is 5. The Balaban J connectivity index is 2.26. The molecule has 0 atom stereocenters. The Bertz CT molecular complexity index is 587. The van der Waals surface area contributed by atoms with Gasteiger partial charge in [0.05, 0.1) is 6.20 Å². The number of nitrogens with two attached hydrogens (primary N) is 1. The zero-order valence-corrected chi connectivity index (χ0v) is 11.3. The van der Waals surface area contributed by atoms with Crippen molar-refractivity contribution in [3.63, 3.8) is 0 Å². The maximum Gasteiger partial charge on any atom is 0.168 e. The molecule has 0 spiro atoms. The van der Waals surface area contributed by atoms with E-state index in [0.717, 1.165) is 24.2 Å². The lowest BCUT2D eigenvalue weighted by atomic mass is 10.2. The van der Waals surface area contributed by atoms with E-state index in [1.165, 1.54) is 0 Å². The van der Waals surface area contributed by atoms with Crippen LogP contribution in [-0.2, 0) is 6.54 Å². The Morgan fingerprint density at radius 1 is 1.25 bits per heavy atom. The van der Waals surface area contributed by atoms with Gasteiger partial charge in [-0.1, -0.05) is 19.1 Å². The van der Waals surface area contributed by atoms with Crippen LogP contribution >= 0.6 is 0 Å². The van der Waals surface area contributed by atoms with Crippen LogP contribution in [0.4, 0.5) is 20.3 Å². The second-order valence-corrected chi connectivity index (χ2v) is 4.63. The van der Waals surface area contributed by atoms with Crippen molar-refractivity contribution < 1.29 is 8.78 Å². The third kappa shape index (κ3) is 3.44. The van der Waals surface area contributed by atoms with Gasteiger partial charge in [0.15, 0.2) is 11.6 Å². The van der Waals surface area contributed by atoms with Gasteiger partial charge >= 0.3 is 0 Å². The van der Waals surface area contributed by atoms with E-state index < -0.39 is 11.6 Å². The van der Waals surface area contributed by atoms with Crippen LogP contribution in [0, 0.1) is 11.6 Å². The van der Waals surface area contributed by atoms with E-state index in [4.69, 9.17) is 5.73 Å². The minimum Gasteiger partial charge on any atom is -0.399 e. The van der Waals surface area contributed by atoms with Gasteiger partial charge in [-0.05, 0) is 24.1 Å². The Morgan fingerprint density at radius 2 is 2.05 bits per heavy atom. The molecule has 0 aliphatic heterocycles. The predicted molar refractivity (Wildman–Crippen MR) is 76.3 cm³/mol. The molecular weight excluding hydrogens is 260 g/mol. The Morgan fingerprint density at radius 3 is 2.70 bits per heavy atom. The SMILES string of the molecule is CCCN(Cc1cccc(N)c1)c1ncc(F)cc1F. The molecule has 20 heavy (non-hydrogen) atoms. The first kappa shape index (κ1) is 14.2. The molecule has 5 heteroatoms. The topological polar surface area (TPSA) is 42.1 Å². The molecule has 0 saturated heterocycles. The van der Waals surface area contributed by atoms with Crippen LogP contribution in [0.2, 0.25) is 0 Å². The van der Waals surface area contributed by atoms with Crippen molar-refractivity contribution in [2.45, 2.75) is 19.9 Å². The van der Waals surface area contributed by atoms with Gasteiger partial charge in [0.25, 0.3) is 0 Å². The molecule has 0 aliphatic rings. The van der Waals surface area contributed by atoms with Crippen LogP contribution in [0.15, 0.2) is 36.5 Å². The summed E-state index contributed by atoms with van der Waals surface area (Å²) in [7, 11) is 0. The van der Waals surface area contributed by atoms with Gasteiger partial charge in [-0.3, -0.25) is 0 Å². The third-order valence-corrected chi connectivity index (χ3v) is 2.91. The lowest BCUT2D eigenvalue weighted by Crippen LogP contribution is -2.25. The zero-order chi connectivity index (χ0) is 14.5. The molecule has 0 fully saturated rings. The van der Waals surface area contributed by atoms with Gasteiger partial charge in [-0.25, -0.2) is 13.8 Å². The lowest BCUT2D eigenvalue weighted by Gasteiger charge is -2.23. The minimum atomic E-state index is -0.674. The van der Waals surface area contributed by atoms with Crippen molar-refractivity contribution in [3.05, 3.63) is 53.7 Å². The van der Waals surface area contributed by atoms with Crippen LogP contribution < -0.4 is 10.6 Å². The van der Waals surface area contributed by atoms with Crippen LogP contribution in [-0.4, -0.2) is 11.5 Å². The van der Waals surface area contributed by atoms with Crippen molar-refractivity contribution in [2.75, 3.05) is 17.2 Å². The number of pyridine rings is 1. The summed E-state index contributed by atoms with van der Waals surface area (Å²) < 4.78 is 26.8. The highest BCUT2D eigenvalue weighted by Crippen LogP contribution is 2.20. The highest BCUT2D eigenvalue weighted by molar-refractivity contribution is 5.45. The molecule has 0 radical (unpaired) electrons. The second-order valence-electron chi connectivity index (χ2n) is 4.63. The predicted octanol–water partition coefficient (Wildman–Crippen LogP) is 3.36. The number of nitrogens with zero attached hydrogens (tertiary/aromatic N) is 2. The quantitative estimate of drug-likeness (QED) is 0.852. The van der Waals surface area contributed by atoms with Gasteiger partial charge in [0.2, 0.25) is 0 Å². The highest BCUT2D eigenvalue weighted by Gasteiger charge is 2.14. The molecule has 0 amide bonds. The smallest absolute Gasteiger partial charge is 0.168 e. The molecule has 2 rings (SSSR count). The first-order valence-corrected chi connectivity index (χ1v) is 6.50. The monoisotopic (exact) mass is 277 g/mol. The first-order valence-electron chi connectivity index (χ1n) is 6.50. The molecule has 0 aliphatic carbocycles. The number of hydrogen-bond acceptors (Lipinski definition) is 3. The summed E-state index contributed by atoms with van der Waals surface area (Å²) in [6.45, 7) is 3.10. The number of aromatic nitrogens is 1. The number of anilines is 2. The van der Waals surface area contributed by atoms with E-state index in [-0.39, 0.29) is 5.82 Å². The van der Waals surface area contributed by atoms with E-state index >= 15 is 0 Å². The number of halogens is 2. The van der Waals surface area contributed by atoms with Crippen molar-refractivity contribution >= 4 is 11.5 Å². The number of nitrogen functional groups attached to an aromatic ring is 1. The van der Waals surface area contributed by atoms with Crippen LogP contribution in [0.5, 0.6) is 0 Å². The molecule has 106 valence electrons. The maximum atomic E-state index is 13.8. The Kier molecular flexibility index (Phi) is 4.50. The fourth-order valence-electron chi connectivity index (χ4n) is 2.08. The van der Waals surface area contributed by atoms with Gasteiger partial charge < -0.3 is 10.6 Å². The summed E-state index contributed by atoms with van der Waals surface area (Å²) in [5.41, 5.74) is 7.36. The molecule has 1 aromatic heterocycles. The average Bonchev–Trinajstić information content (AvgIpc) is 2.38. The molecule has 1 heterocycles. The van der Waals surface area contributed by atoms with Gasteiger partial charge in [0.1, 0.15) is 5.82 Å². The Hall–Kier alpha value is -2.17. The van der Waals surface area contributed by atoms with E-state index in [1.54, 1.807) is 11.0 Å². The number of hydrogen-bond donors (Lipinski definition) is 1. The zero-order valence-electron chi connectivity index (χ0n) is 11.3. The summed E-state index contributed by atoms with van der Waals surface area (Å²) in [6.07, 6.45) is 1.86. The lowest BCUT2D eigenvalue weighted by molar-refractivity contribution is 0.565. The molecule has 0 unspecified atom stereocenters. The van der Waals surface area contributed by atoms with Crippen molar-refractivity contribution in [1.82, 2.24) is 4.98 Å². The van der Waals surface area contributed by atoms with Gasteiger partial charge in [-0.2, -0.15) is 0 Å². The van der Waals surface area contributed by atoms with Crippen molar-refractivity contribution in [1.29, 1.82) is 0 Å². The van der Waals surface area contributed by atoms with Crippen molar-refractivity contribution in [3.8, 4) is 0 Å². The standard InChI is InChI=1S/C15H17F2N3/c1-2-6-20(10-11-4-3-5-13(18)7-11)15-14(17)8-12(16)9-19-15/h3-5,7-9H,2,6,10,18H2,1H3. The molecule has 3 nitrogen and oxygen atoms in total. The fraction of sp³-hybridized carbons (Fsp3) is 0.267. The summed E-state index contributed by atoms with van der Waals surface area (Å²) in [5.74, 6) is -1.16. The molecule has 0 saturated carbocycles. The molecule has 2 N–H and O–H groups in total. The minimum absolute atomic E-state index is 0.163. The fourth-order valence-corrected chi connectivity index (χ4v) is 2.08. The van der Waals surface area contributed by atoms with E-state index in [0.29, 0.717) is 18.8 Å². The summed E-state index contributed by atoms with van der Waals surface area (Å²) in [6, 6.07) is 8.25. The van der Waals surface area contributed by atoms with E-state index in [2.05, 4.69) is 4.98 Å². The summed E-state index contributed by atoms with van der Waals surface area (Å²) >= 11 is 0. The third-order valence-electron chi connectivity index (χ3n) is 2.91. The normalized spacial score (nSPS) is 10.6. The van der Waals surface area contributed by atoms with Crippen LogP contribution in [0.3, 0.4) is 0 Å². The molecular formula is C15H17F2N3. The maximum absolute atomic E-state index is 13.8. The molecule has 0 bridgehead atoms. The van der Waals surface area contributed by atoms with Crippen molar-refractivity contribution in [2.24, 2.45) is 0 Å². The summed E-state index contributed by atoms with van der Waals surface area (Å²) in [5, 5.41) is 0. The van der Waals surface area contributed by atoms with Gasteiger partial charge in [0, 0.05) is 24.8 Å². The van der Waals surface area contributed by atoms with Crippen LogP contribution in [0.25, 0.3) is 0 Å². The largest absolute Gasteiger partial charge is 0.399 e.